The van der Waals surface area contributed by atoms with E-state index in [4.69, 9.17) is 5.84 Å². The molecule has 1 atom stereocenters. The number of halogens is 3. The molecule has 20 heavy (non-hydrogen) atoms. The van der Waals surface area contributed by atoms with E-state index >= 15 is 0 Å². The fraction of sp³-hybridized carbons (Fsp3) is 0.583. The number of alkyl halides is 3. The Hall–Kier alpha value is -1.54. The van der Waals surface area contributed by atoms with Gasteiger partial charge in [-0.2, -0.15) is 13.2 Å². The van der Waals surface area contributed by atoms with Gasteiger partial charge in [0.05, 0.1) is 5.56 Å². The highest BCUT2D eigenvalue weighted by atomic mass is 19.4. The summed E-state index contributed by atoms with van der Waals surface area (Å²) in [5.74, 6) is 5.52. The molecule has 1 aliphatic rings. The fourth-order valence-corrected chi connectivity index (χ4v) is 2.17. The van der Waals surface area contributed by atoms with Crippen LogP contribution in [0.3, 0.4) is 0 Å². The number of pyridine rings is 1. The van der Waals surface area contributed by atoms with Crippen LogP contribution in [0, 0.1) is 0 Å². The summed E-state index contributed by atoms with van der Waals surface area (Å²) >= 11 is 0. The Morgan fingerprint density at radius 3 is 2.60 bits per heavy atom. The summed E-state index contributed by atoms with van der Waals surface area (Å²) in [6.07, 6.45) is -4.42. The molecule has 1 unspecified atom stereocenters. The van der Waals surface area contributed by atoms with Gasteiger partial charge in [-0.15, -0.1) is 0 Å². The molecule has 1 aromatic heterocycles. The third-order valence-corrected chi connectivity index (χ3v) is 3.57. The fourth-order valence-electron chi connectivity index (χ4n) is 2.17. The number of nitrogen functional groups attached to an aromatic ring is 1. The number of nitrogens with one attached hydrogen (secondary N) is 1. The molecular weight excluding hydrogens is 271 g/mol. The number of likely N-dealkylation sites (N-methyl/N-ethyl adjacent to an activating group) is 1. The van der Waals surface area contributed by atoms with Crippen molar-refractivity contribution < 1.29 is 13.2 Å². The molecule has 5 nitrogen and oxygen atoms in total. The van der Waals surface area contributed by atoms with Crippen LogP contribution in [0.4, 0.5) is 24.8 Å². The van der Waals surface area contributed by atoms with Crippen LogP contribution in [0.15, 0.2) is 12.1 Å². The molecule has 0 radical (unpaired) electrons. The average Bonchev–Trinajstić information content (AvgIpc) is 2.40. The van der Waals surface area contributed by atoms with Crippen LogP contribution in [0.25, 0.3) is 0 Å². The second-order valence-corrected chi connectivity index (χ2v) is 5.02. The standard InChI is InChI=1S/C12H18F3N5/c1-8-7-20(4-3-19(8)2)11-6-9(12(13,14)15)5-10(17-11)18-16/h5-6,8H,3-4,7,16H2,1-2H3,(H,17,18). The van der Waals surface area contributed by atoms with Crippen molar-refractivity contribution in [2.24, 2.45) is 5.84 Å². The number of nitrogens with zero attached hydrogens (tertiary/aromatic N) is 3. The van der Waals surface area contributed by atoms with Crippen molar-refractivity contribution in [3.8, 4) is 0 Å². The molecule has 0 amide bonds. The molecule has 2 heterocycles. The lowest BCUT2D eigenvalue weighted by molar-refractivity contribution is -0.137. The van der Waals surface area contributed by atoms with Gasteiger partial charge in [0, 0.05) is 25.7 Å². The average molecular weight is 289 g/mol. The van der Waals surface area contributed by atoms with E-state index in [1.165, 1.54) is 0 Å². The van der Waals surface area contributed by atoms with Crippen molar-refractivity contribution in [2.45, 2.75) is 19.1 Å². The van der Waals surface area contributed by atoms with Crippen molar-refractivity contribution in [1.82, 2.24) is 9.88 Å². The maximum atomic E-state index is 12.9. The highest BCUT2D eigenvalue weighted by Crippen LogP contribution is 2.33. The number of anilines is 2. The molecule has 112 valence electrons. The summed E-state index contributed by atoms with van der Waals surface area (Å²) in [5.41, 5.74) is 1.44. The molecule has 8 heteroatoms. The number of rotatable bonds is 2. The molecule has 0 aliphatic carbocycles. The number of piperazine rings is 1. The minimum absolute atomic E-state index is 0.0152. The van der Waals surface area contributed by atoms with Gasteiger partial charge in [-0.25, -0.2) is 10.8 Å². The van der Waals surface area contributed by atoms with Gasteiger partial charge in [0.1, 0.15) is 11.6 Å². The molecule has 0 bridgehead atoms. The Morgan fingerprint density at radius 2 is 2.05 bits per heavy atom. The van der Waals surface area contributed by atoms with Gasteiger partial charge < -0.3 is 15.2 Å². The van der Waals surface area contributed by atoms with Crippen LogP contribution in [0.5, 0.6) is 0 Å². The lowest BCUT2D eigenvalue weighted by Gasteiger charge is -2.38. The summed E-state index contributed by atoms with van der Waals surface area (Å²) in [4.78, 5) is 8.13. The molecule has 1 saturated heterocycles. The molecule has 2 rings (SSSR count). The van der Waals surface area contributed by atoms with E-state index < -0.39 is 11.7 Å². The summed E-state index contributed by atoms with van der Waals surface area (Å²) in [7, 11) is 1.99. The van der Waals surface area contributed by atoms with Crippen LogP contribution < -0.4 is 16.2 Å². The summed E-state index contributed by atoms with van der Waals surface area (Å²) in [6.45, 7) is 4.08. The molecule has 1 fully saturated rings. The van der Waals surface area contributed by atoms with Crippen LogP contribution in [-0.2, 0) is 6.18 Å². The minimum atomic E-state index is -4.42. The first-order chi connectivity index (χ1) is 9.31. The first-order valence-electron chi connectivity index (χ1n) is 6.32. The second-order valence-electron chi connectivity index (χ2n) is 5.02. The molecular formula is C12H18F3N5. The first kappa shape index (κ1) is 14.9. The zero-order valence-corrected chi connectivity index (χ0v) is 11.4. The second kappa shape index (κ2) is 5.45. The van der Waals surface area contributed by atoms with Crippen LogP contribution in [-0.4, -0.2) is 42.6 Å². The van der Waals surface area contributed by atoms with Gasteiger partial charge in [-0.05, 0) is 26.1 Å². The van der Waals surface area contributed by atoms with E-state index in [-0.39, 0.29) is 11.9 Å². The Morgan fingerprint density at radius 1 is 1.35 bits per heavy atom. The Bertz CT molecular complexity index is 477. The quantitative estimate of drug-likeness (QED) is 0.639. The van der Waals surface area contributed by atoms with Crippen molar-refractivity contribution >= 4 is 11.6 Å². The van der Waals surface area contributed by atoms with E-state index in [9.17, 15) is 13.2 Å². The zero-order chi connectivity index (χ0) is 14.9. The van der Waals surface area contributed by atoms with Crippen molar-refractivity contribution in [2.75, 3.05) is 37.0 Å². The predicted octanol–water partition coefficient (Wildman–Crippen LogP) is 1.53. The van der Waals surface area contributed by atoms with E-state index in [2.05, 4.69) is 15.3 Å². The van der Waals surface area contributed by atoms with Gasteiger partial charge in [0.25, 0.3) is 0 Å². The first-order valence-corrected chi connectivity index (χ1v) is 6.32. The number of hydrazine groups is 1. The van der Waals surface area contributed by atoms with E-state index in [1.54, 1.807) is 0 Å². The minimum Gasteiger partial charge on any atom is -0.354 e. The molecule has 0 spiro atoms. The Balaban J connectivity index is 2.31. The van der Waals surface area contributed by atoms with Gasteiger partial charge in [-0.1, -0.05) is 0 Å². The normalized spacial score (nSPS) is 21.1. The van der Waals surface area contributed by atoms with Crippen molar-refractivity contribution in [1.29, 1.82) is 0 Å². The zero-order valence-electron chi connectivity index (χ0n) is 11.4. The molecule has 3 N–H and O–H groups in total. The molecule has 1 aliphatic heterocycles. The predicted molar refractivity (Wildman–Crippen MR) is 71.4 cm³/mol. The highest BCUT2D eigenvalue weighted by Gasteiger charge is 2.32. The number of aromatic nitrogens is 1. The molecule has 1 aromatic rings. The van der Waals surface area contributed by atoms with Gasteiger partial charge in [0.2, 0.25) is 0 Å². The third-order valence-electron chi connectivity index (χ3n) is 3.57. The molecule has 0 aromatic carbocycles. The largest absolute Gasteiger partial charge is 0.416 e. The van der Waals surface area contributed by atoms with Gasteiger partial charge in [0.15, 0.2) is 0 Å². The topological polar surface area (TPSA) is 57.4 Å². The number of hydrogen-bond acceptors (Lipinski definition) is 5. The summed E-state index contributed by atoms with van der Waals surface area (Å²) < 4.78 is 38.6. The van der Waals surface area contributed by atoms with E-state index in [0.29, 0.717) is 18.9 Å². The lowest BCUT2D eigenvalue weighted by atomic mass is 10.2. The van der Waals surface area contributed by atoms with Crippen molar-refractivity contribution in [3.05, 3.63) is 17.7 Å². The smallest absolute Gasteiger partial charge is 0.354 e. The van der Waals surface area contributed by atoms with Gasteiger partial charge >= 0.3 is 6.18 Å². The van der Waals surface area contributed by atoms with Crippen LogP contribution in [0.1, 0.15) is 12.5 Å². The monoisotopic (exact) mass is 289 g/mol. The number of nitrogens with two attached hydrogens (primary N) is 1. The lowest BCUT2D eigenvalue weighted by Crippen LogP contribution is -2.50. The maximum Gasteiger partial charge on any atom is 0.416 e. The SMILES string of the molecule is CC1CN(c2cc(C(F)(F)F)cc(NN)n2)CCN1C. The van der Waals surface area contributed by atoms with Crippen LogP contribution >= 0.6 is 0 Å². The summed E-state index contributed by atoms with van der Waals surface area (Å²) in [6, 6.07) is 2.23. The van der Waals surface area contributed by atoms with E-state index in [0.717, 1.165) is 18.7 Å². The maximum absolute atomic E-state index is 12.9. The van der Waals surface area contributed by atoms with Gasteiger partial charge in [-0.3, -0.25) is 0 Å². The Labute approximate surface area is 115 Å². The Kier molecular flexibility index (Phi) is 4.05. The summed E-state index contributed by atoms with van der Waals surface area (Å²) in [5, 5.41) is 0. The van der Waals surface area contributed by atoms with Crippen molar-refractivity contribution in [3.63, 3.8) is 0 Å². The van der Waals surface area contributed by atoms with E-state index in [1.807, 2.05) is 18.9 Å². The van der Waals surface area contributed by atoms with Crippen LogP contribution in [0.2, 0.25) is 0 Å². The number of hydrogen-bond donors (Lipinski definition) is 2. The molecule has 0 saturated carbocycles. The highest BCUT2D eigenvalue weighted by molar-refractivity contribution is 5.51. The third kappa shape index (κ3) is 3.13.